The molecule has 0 aliphatic heterocycles. The summed E-state index contributed by atoms with van der Waals surface area (Å²) >= 11 is 2.81. The molecule has 0 aliphatic carbocycles. The van der Waals surface area contributed by atoms with E-state index in [1.807, 2.05) is 13.0 Å². The molecule has 0 bridgehead atoms. The molecule has 22 heavy (non-hydrogen) atoms. The summed E-state index contributed by atoms with van der Waals surface area (Å²) in [7, 11) is 0. The van der Waals surface area contributed by atoms with Crippen molar-refractivity contribution in [1.82, 2.24) is 14.4 Å². The number of aromatic nitrogens is 3. The maximum absolute atomic E-state index is 12.2. The van der Waals surface area contributed by atoms with Crippen molar-refractivity contribution < 1.29 is 9.90 Å². The van der Waals surface area contributed by atoms with E-state index >= 15 is 0 Å². The predicted molar refractivity (Wildman–Crippen MR) is 86.5 cm³/mol. The SMILES string of the molecule is Cc1ncc(/C=C/c2cc(=O)n3c(CC(=O)O)csc3n2)s1. The van der Waals surface area contributed by atoms with Gasteiger partial charge in [-0.2, -0.15) is 0 Å². The van der Waals surface area contributed by atoms with E-state index < -0.39 is 5.97 Å². The standard InChI is InChI=1S/C14H11N3O3S2/c1-8-15-6-11(22-8)3-2-9-4-12(18)17-10(5-13(19)20)7-21-14(17)16-9/h2-4,6-7H,5H2,1H3,(H,19,20)/b3-2+. The Morgan fingerprint density at radius 2 is 2.27 bits per heavy atom. The van der Waals surface area contributed by atoms with Gasteiger partial charge in [0.05, 0.1) is 17.1 Å². The summed E-state index contributed by atoms with van der Waals surface area (Å²) in [5.41, 5.74) is 0.709. The van der Waals surface area contributed by atoms with Crippen LogP contribution in [0.15, 0.2) is 22.4 Å². The summed E-state index contributed by atoms with van der Waals surface area (Å²) < 4.78 is 1.34. The molecule has 0 saturated carbocycles. The van der Waals surface area contributed by atoms with Gasteiger partial charge >= 0.3 is 5.97 Å². The number of hydrogen-bond donors (Lipinski definition) is 1. The van der Waals surface area contributed by atoms with E-state index in [1.165, 1.54) is 21.8 Å². The highest BCUT2D eigenvalue weighted by molar-refractivity contribution is 7.15. The first-order valence-electron chi connectivity index (χ1n) is 6.35. The first-order chi connectivity index (χ1) is 10.5. The molecule has 6 nitrogen and oxygen atoms in total. The van der Waals surface area contributed by atoms with Gasteiger partial charge in [0.2, 0.25) is 0 Å². The van der Waals surface area contributed by atoms with E-state index in [0.717, 1.165) is 9.88 Å². The molecule has 0 radical (unpaired) electrons. The van der Waals surface area contributed by atoms with Crippen LogP contribution in [-0.4, -0.2) is 25.4 Å². The number of fused-ring (bicyclic) bond motifs is 1. The van der Waals surface area contributed by atoms with Gasteiger partial charge in [0.15, 0.2) is 4.96 Å². The minimum atomic E-state index is -0.976. The van der Waals surface area contributed by atoms with Gasteiger partial charge in [-0.05, 0) is 19.1 Å². The number of rotatable bonds is 4. The van der Waals surface area contributed by atoms with Gasteiger partial charge in [-0.15, -0.1) is 22.7 Å². The Balaban J connectivity index is 1.98. The lowest BCUT2D eigenvalue weighted by Gasteiger charge is -1.98. The fourth-order valence-electron chi connectivity index (χ4n) is 1.98. The maximum atomic E-state index is 12.2. The van der Waals surface area contributed by atoms with Crippen molar-refractivity contribution in [2.24, 2.45) is 0 Å². The van der Waals surface area contributed by atoms with E-state index in [0.29, 0.717) is 16.3 Å². The van der Waals surface area contributed by atoms with Gasteiger partial charge in [-0.3, -0.25) is 14.0 Å². The molecule has 112 valence electrons. The smallest absolute Gasteiger partial charge is 0.309 e. The van der Waals surface area contributed by atoms with Gasteiger partial charge in [0, 0.05) is 28.2 Å². The zero-order valence-electron chi connectivity index (χ0n) is 11.5. The van der Waals surface area contributed by atoms with Gasteiger partial charge < -0.3 is 5.11 Å². The monoisotopic (exact) mass is 333 g/mol. The fraction of sp³-hybridized carbons (Fsp3) is 0.143. The van der Waals surface area contributed by atoms with E-state index in [9.17, 15) is 9.59 Å². The highest BCUT2D eigenvalue weighted by atomic mass is 32.1. The third-order valence-electron chi connectivity index (χ3n) is 2.89. The van der Waals surface area contributed by atoms with Crippen LogP contribution in [0.5, 0.6) is 0 Å². The fourth-order valence-corrected chi connectivity index (χ4v) is 3.57. The van der Waals surface area contributed by atoms with Crippen LogP contribution < -0.4 is 5.56 Å². The Morgan fingerprint density at radius 1 is 1.45 bits per heavy atom. The second kappa shape index (κ2) is 5.82. The van der Waals surface area contributed by atoms with Crippen molar-refractivity contribution in [3.05, 3.63) is 49.3 Å². The Morgan fingerprint density at radius 3 is 2.95 bits per heavy atom. The van der Waals surface area contributed by atoms with Crippen LogP contribution in [0.3, 0.4) is 0 Å². The number of hydrogen-bond acceptors (Lipinski definition) is 6. The molecule has 0 amide bonds. The van der Waals surface area contributed by atoms with Crippen LogP contribution in [0.2, 0.25) is 0 Å². The van der Waals surface area contributed by atoms with Crippen LogP contribution in [-0.2, 0) is 11.2 Å². The highest BCUT2D eigenvalue weighted by Crippen LogP contribution is 2.16. The number of thiazole rings is 2. The van der Waals surface area contributed by atoms with Crippen molar-refractivity contribution >= 4 is 45.8 Å². The van der Waals surface area contributed by atoms with Crippen LogP contribution in [0.4, 0.5) is 0 Å². The average Bonchev–Trinajstić information content (AvgIpc) is 3.03. The third kappa shape index (κ3) is 2.97. The van der Waals surface area contributed by atoms with Gasteiger partial charge in [-0.1, -0.05) is 0 Å². The number of carboxylic acids is 1. The number of nitrogens with zero attached hydrogens (tertiary/aromatic N) is 3. The van der Waals surface area contributed by atoms with Crippen LogP contribution in [0.25, 0.3) is 17.1 Å². The minimum Gasteiger partial charge on any atom is -0.481 e. The number of carbonyl (C=O) groups is 1. The molecule has 0 aromatic carbocycles. The highest BCUT2D eigenvalue weighted by Gasteiger charge is 2.11. The van der Waals surface area contributed by atoms with E-state index in [-0.39, 0.29) is 12.0 Å². The number of aliphatic carboxylic acids is 1. The van der Waals surface area contributed by atoms with Crippen molar-refractivity contribution in [3.8, 4) is 0 Å². The van der Waals surface area contributed by atoms with Gasteiger partial charge in [-0.25, -0.2) is 9.97 Å². The van der Waals surface area contributed by atoms with Crippen molar-refractivity contribution in [2.45, 2.75) is 13.3 Å². The predicted octanol–water partition coefficient (Wildman–Crippen LogP) is 2.32. The Hall–Kier alpha value is -2.32. The zero-order chi connectivity index (χ0) is 15.7. The Kier molecular flexibility index (Phi) is 3.86. The molecule has 0 spiro atoms. The topological polar surface area (TPSA) is 84.6 Å². The Bertz CT molecular complexity index is 936. The lowest BCUT2D eigenvalue weighted by atomic mass is 10.3. The minimum absolute atomic E-state index is 0.198. The van der Waals surface area contributed by atoms with Crippen molar-refractivity contribution in [3.63, 3.8) is 0 Å². The number of aryl methyl sites for hydroxylation is 1. The Labute approximate surface area is 133 Å². The molecule has 3 heterocycles. The quantitative estimate of drug-likeness (QED) is 0.792. The summed E-state index contributed by atoms with van der Waals surface area (Å²) in [4.78, 5) is 33.0. The molecule has 3 aromatic heterocycles. The molecular weight excluding hydrogens is 322 g/mol. The average molecular weight is 333 g/mol. The van der Waals surface area contributed by atoms with Crippen LogP contribution in [0, 0.1) is 6.92 Å². The number of carboxylic acid groups (broad SMARTS) is 1. The molecule has 0 fully saturated rings. The molecule has 0 atom stereocenters. The summed E-state index contributed by atoms with van der Waals surface area (Å²) in [5.74, 6) is -0.976. The van der Waals surface area contributed by atoms with Crippen LogP contribution in [0.1, 0.15) is 21.3 Å². The summed E-state index contributed by atoms with van der Waals surface area (Å²) in [6.45, 7) is 1.92. The lowest BCUT2D eigenvalue weighted by Crippen LogP contribution is -2.17. The summed E-state index contributed by atoms with van der Waals surface area (Å²) in [6.07, 6.45) is 5.18. The molecule has 0 saturated heterocycles. The second-order valence-electron chi connectivity index (χ2n) is 4.55. The third-order valence-corrected chi connectivity index (χ3v) is 4.64. The molecular formula is C14H11N3O3S2. The molecule has 3 rings (SSSR count). The van der Waals surface area contributed by atoms with E-state index in [2.05, 4.69) is 9.97 Å². The van der Waals surface area contributed by atoms with Crippen LogP contribution >= 0.6 is 22.7 Å². The molecule has 1 N–H and O–H groups in total. The first-order valence-corrected chi connectivity index (χ1v) is 8.05. The van der Waals surface area contributed by atoms with Gasteiger partial charge in [0.25, 0.3) is 5.56 Å². The zero-order valence-corrected chi connectivity index (χ0v) is 13.1. The summed E-state index contributed by atoms with van der Waals surface area (Å²) in [5, 5.41) is 11.5. The molecule has 0 unspecified atom stereocenters. The second-order valence-corrected chi connectivity index (χ2v) is 6.65. The molecule has 8 heteroatoms. The lowest BCUT2D eigenvalue weighted by molar-refractivity contribution is -0.136. The largest absolute Gasteiger partial charge is 0.481 e. The summed E-state index contributed by atoms with van der Waals surface area (Å²) in [6, 6.07) is 1.40. The normalized spacial score (nSPS) is 11.5. The first kappa shape index (κ1) is 14.6. The maximum Gasteiger partial charge on any atom is 0.309 e. The van der Waals surface area contributed by atoms with Crippen molar-refractivity contribution in [2.75, 3.05) is 0 Å². The molecule has 0 aliphatic rings. The van der Waals surface area contributed by atoms with Crippen molar-refractivity contribution in [1.29, 1.82) is 0 Å². The van der Waals surface area contributed by atoms with E-state index in [4.69, 9.17) is 5.11 Å². The van der Waals surface area contributed by atoms with Gasteiger partial charge in [0.1, 0.15) is 0 Å². The molecule has 3 aromatic rings. The van der Waals surface area contributed by atoms with E-state index in [1.54, 1.807) is 29.0 Å².